The number of thioether (sulfide) groups is 1. The standard InChI is InChI=1S/C15H14N4O2S2/c1-9-7-23-15(16-9)18-14(20)11-5-3-4-6-12(11)22-8-13-17-10(2)21-19-13/h3-7H,8H2,1-2H3,(H,16,18,20). The fourth-order valence-corrected chi connectivity index (χ4v) is 3.47. The zero-order chi connectivity index (χ0) is 16.2. The van der Waals surface area contributed by atoms with Gasteiger partial charge in [0.25, 0.3) is 5.91 Å². The Morgan fingerprint density at radius 2 is 2.13 bits per heavy atom. The number of nitrogens with zero attached hydrogens (tertiary/aromatic N) is 3. The highest BCUT2D eigenvalue weighted by Gasteiger charge is 2.14. The molecule has 0 saturated heterocycles. The number of amides is 1. The van der Waals surface area contributed by atoms with Gasteiger partial charge in [-0.05, 0) is 19.1 Å². The molecule has 0 saturated carbocycles. The van der Waals surface area contributed by atoms with Crippen molar-refractivity contribution in [1.82, 2.24) is 15.1 Å². The molecular weight excluding hydrogens is 332 g/mol. The Morgan fingerprint density at radius 3 is 2.83 bits per heavy atom. The highest BCUT2D eigenvalue weighted by Crippen LogP contribution is 2.26. The Labute approximate surface area is 141 Å². The van der Waals surface area contributed by atoms with E-state index in [0.29, 0.717) is 28.2 Å². The molecule has 0 radical (unpaired) electrons. The summed E-state index contributed by atoms with van der Waals surface area (Å²) >= 11 is 2.90. The summed E-state index contributed by atoms with van der Waals surface area (Å²) in [7, 11) is 0. The summed E-state index contributed by atoms with van der Waals surface area (Å²) in [4.78, 5) is 21.7. The topological polar surface area (TPSA) is 80.9 Å². The number of nitrogens with one attached hydrogen (secondary N) is 1. The third kappa shape index (κ3) is 3.96. The lowest BCUT2D eigenvalue weighted by molar-refractivity contribution is 0.102. The fourth-order valence-electron chi connectivity index (χ4n) is 1.90. The van der Waals surface area contributed by atoms with Gasteiger partial charge in [-0.15, -0.1) is 23.1 Å². The molecule has 0 spiro atoms. The van der Waals surface area contributed by atoms with E-state index in [4.69, 9.17) is 4.52 Å². The first-order valence-corrected chi connectivity index (χ1v) is 8.73. The maximum atomic E-state index is 12.5. The van der Waals surface area contributed by atoms with Crippen LogP contribution in [0.4, 0.5) is 5.13 Å². The first kappa shape index (κ1) is 15.7. The smallest absolute Gasteiger partial charge is 0.258 e. The van der Waals surface area contributed by atoms with Gasteiger partial charge in [-0.3, -0.25) is 10.1 Å². The van der Waals surface area contributed by atoms with Crippen LogP contribution in [0, 0.1) is 13.8 Å². The van der Waals surface area contributed by atoms with Gasteiger partial charge in [0.15, 0.2) is 11.0 Å². The lowest BCUT2D eigenvalue weighted by Crippen LogP contribution is -2.12. The molecule has 1 amide bonds. The highest BCUT2D eigenvalue weighted by atomic mass is 32.2. The molecule has 0 aliphatic rings. The van der Waals surface area contributed by atoms with E-state index in [1.54, 1.807) is 13.0 Å². The minimum atomic E-state index is -0.174. The first-order valence-electron chi connectivity index (χ1n) is 6.86. The summed E-state index contributed by atoms with van der Waals surface area (Å²) in [6.07, 6.45) is 0. The minimum Gasteiger partial charge on any atom is -0.340 e. The van der Waals surface area contributed by atoms with Crippen LogP contribution in [0.3, 0.4) is 0 Å². The molecule has 118 valence electrons. The van der Waals surface area contributed by atoms with E-state index < -0.39 is 0 Å². The van der Waals surface area contributed by atoms with Crippen LogP contribution in [-0.4, -0.2) is 21.0 Å². The van der Waals surface area contributed by atoms with Crippen molar-refractivity contribution >= 4 is 34.1 Å². The van der Waals surface area contributed by atoms with E-state index in [2.05, 4.69) is 20.4 Å². The molecule has 0 aliphatic carbocycles. The Hall–Kier alpha value is -2.19. The number of thiazole rings is 1. The van der Waals surface area contributed by atoms with Crippen molar-refractivity contribution in [3.8, 4) is 0 Å². The number of aromatic nitrogens is 3. The number of carbonyl (C=O) groups is 1. The van der Waals surface area contributed by atoms with Gasteiger partial charge >= 0.3 is 0 Å². The lowest BCUT2D eigenvalue weighted by Gasteiger charge is -2.07. The molecular formula is C15H14N4O2S2. The molecule has 2 heterocycles. The molecule has 0 fully saturated rings. The zero-order valence-corrected chi connectivity index (χ0v) is 14.2. The number of benzene rings is 1. The Bertz CT molecular complexity index is 828. The average molecular weight is 346 g/mol. The van der Waals surface area contributed by atoms with Gasteiger partial charge in [-0.1, -0.05) is 17.3 Å². The molecule has 1 N–H and O–H groups in total. The largest absolute Gasteiger partial charge is 0.340 e. The fraction of sp³-hybridized carbons (Fsp3) is 0.200. The second-order valence-corrected chi connectivity index (χ2v) is 6.64. The molecule has 6 nitrogen and oxygen atoms in total. The molecule has 3 rings (SSSR count). The summed E-state index contributed by atoms with van der Waals surface area (Å²) in [6.45, 7) is 3.64. The van der Waals surface area contributed by atoms with Crippen molar-refractivity contribution in [1.29, 1.82) is 0 Å². The molecule has 2 aromatic heterocycles. The second kappa shape index (κ2) is 6.93. The van der Waals surface area contributed by atoms with E-state index >= 15 is 0 Å². The third-order valence-corrected chi connectivity index (χ3v) is 4.84. The highest BCUT2D eigenvalue weighted by molar-refractivity contribution is 7.98. The van der Waals surface area contributed by atoms with E-state index in [1.165, 1.54) is 23.1 Å². The normalized spacial score (nSPS) is 10.7. The van der Waals surface area contributed by atoms with Gasteiger partial charge < -0.3 is 4.52 Å². The molecule has 0 unspecified atom stereocenters. The third-order valence-electron chi connectivity index (χ3n) is 2.90. The van der Waals surface area contributed by atoms with Crippen LogP contribution >= 0.6 is 23.1 Å². The number of hydrogen-bond acceptors (Lipinski definition) is 7. The monoisotopic (exact) mass is 346 g/mol. The van der Waals surface area contributed by atoms with Crippen molar-refractivity contribution in [2.24, 2.45) is 0 Å². The molecule has 8 heteroatoms. The number of aryl methyl sites for hydroxylation is 2. The summed E-state index contributed by atoms with van der Waals surface area (Å²) < 4.78 is 4.95. The molecule has 3 aromatic rings. The van der Waals surface area contributed by atoms with Crippen LogP contribution < -0.4 is 5.32 Å². The van der Waals surface area contributed by atoms with Gasteiger partial charge in [0.1, 0.15) is 0 Å². The van der Waals surface area contributed by atoms with Crippen LogP contribution in [0.5, 0.6) is 0 Å². The summed E-state index contributed by atoms with van der Waals surface area (Å²) in [6, 6.07) is 7.43. The summed E-state index contributed by atoms with van der Waals surface area (Å²) in [5, 5.41) is 9.18. The second-order valence-electron chi connectivity index (χ2n) is 4.76. The summed E-state index contributed by atoms with van der Waals surface area (Å²) in [5.41, 5.74) is 1.49. The SMILES string of the molecule is Cc1csc(NC(=O)c2ccccc2SCc2noc(C)n2)n1. The van der Waals surface area contributed by atoms with Gasteiger partial charge in [0.2, 0.25) is 5.89 Å². The Morgan fingerprint density at radius 1 is 1.30 bits per heavy atom. The zero-order valence-electron chi connectivity index (χ0n) is 12.6. The number of carbonyl (C=O) groups excluding carboxylic acids is 1. The van der Waals surface area contributed by atoms with Gasteiger partial charge in [-0.2, -0.15) is 4.98 Å². The van der Waals surface area contributed by atoms with Crippen molar-refractivity contribution < 1.29 is 9.32 Å². The van der Waals surface area contributed by atoms with Gasteiger partial charge in [0, 0.05) is 17.2 Å². The van der Waals surface area contributed by atoms with Crippen LogP contribution in [0.15, 0.2) is 39.1 Å². The van der Waals surface area contributed by atoms with Crippen LogP contribution in [0.2, 0.25) is 0 Å². The maximum Gasteiger partial charge on any atom is 0.258 e. The van der Waals surface area contributed by atoms with Crippen molar-refractivity contribution in [3.05, 3.63) is 52.6 Å². The van der Waals surface area contributed by atoms with Gasteiger partial charge in [-0.25, -0.2) is 4.98 Å². The van der Waals surface area contributed by atoms with E-state index in [1.807, 2.05) is 30.5 Å². The van der Waals surface area contributed by atoms with E-state index in [9.17, 15) is 4.79 Å². The average Bonchev–Trinajstić information content (AvgIpc) is 3.14. The van der Waals surface area contributed by atoms with E-state index in [-0.39, 0.29) is 5.91 Å². The Kier molecular flexibility index (Phi) is 4.73. The van der Waals surface area contributed by atoms with E-state index in [0.717, 1.165) is 10.6 Å². The molecule has 0 atom stereocenters. The molecule has 0 aliphatic heterocycles. The number of hydrogen-bond donors (Lipinski definition) is 1. The number of rotatable bonds is 5. The predicted molar refractivity (Wildman–Crippen MR) is 89.8 cm³/mol. The quantitative estimate of drug-likeness (QED) is 0.710. The minimum absolute atomic E-state index is 0.174. The predicted octanol–water partition coefficient (Wildman–Crippen LogP) is 3.69. The lowest BCUT2D eigenvalue weighted by atomic mass is 10.2. The van der Waals surface area contributed by atoms with Crippen LogP contribution in [0.1, 0.15) is 27.8 Å². The van der Waals surface area contributed by atoms with Crippen LogP contribution in [0.25, 0.3) is 0 Å². The maximum absolute atomic E-state index is 12.5. The number of anilines is 1. The summed E-state index contributed by atoms with van der Waals surface area (Å²) in [5.74, 6) is 1.51. The van der Waals surface area contributed by atoms with Crippen molar-refractivity contribution in [3.63, 3.8) is 0 Å². The molecule has 23 heavy (non-hydrogen) atoms. The van der Waals surface area contributed by atoms with Crippen molar-refractivity contribution in [2.75, 3.05) is 5.32 Å². The van der Waals surface area contributed by atoms with Crippen molar-refractivity contribution in [2.45, 2.75) is 24.5 Å². The Balaban J connectivity index is 1.73. The molecule has 1 aromatic carbocycles. The molecule has 0 bridgehead atoms. The first-order chi connectivity index (χ1) is 11.1. The van der Waals surface area contributed by atoms with Gasteiger partial charge in [0.05, 0.1) is 17.0 Å². The van der Waals surface area contributed by atoms with Crippen LogP contribution in [-0.2, 0) is 5.75 Å².